The third kappa shape index (κ3) is 2.29. The molecule has 2 rings (SSSR count). The Labute approximate surface area is 114 Å². The zero-order chi connectivity index (χ0) is 14.4. The van der Waals surface area contributed by atoms with Gasteiger partial charge in [0.05, 0.1) is 12.8 Å². The number of hydrogen-bond acceptors (Lipinski definition) is 3. The van der Waals surface area contributed by atoms with Crippen molar-refractivity contribution in [3.8, 4) is 0 Å². The Morgan fingerprint density at radius 3 is 1.79 bits per heavy atom. The van der Waals surface area contributed by atoms with Crippen molar-refractivity contribution in [2.75, 3.05) is 0 Å². The second-order valence-corrected chi connectivity index (χ2v) is 5.90. The SMILES string of the molecule is Cc1cc(C)c(C)c(C2(C)CC(=O)OC(=O)C2)c1C. The number of ether oxygens (including phenoxy) is 1. The maximum absolute atomic E-state index is 11.6. The van der Waals surface area contributed by atoms with Crippen LogP contribution in [0.25, 0.3) is 0 Å². The van der Waals surface area contributed by atoms with Crippen LogP contribution in [-0.2, 0) is 19.7 Å². The Morgan fingerprint density at radius 1 is 0.947 bits per heavy atom. The summed E-state index contributed by atoms with van der Waals surface area (Å²) in [6, 6.07) is 2.15. The molecule has 1 saturated heterocycles. The van der Waals surface area contributed by atoms with Crippen LogP contribution in [0.2, 0.25) is 0 Å². The van der Waals surface area contributed by atoms with E-state index >= 15 is 0 Å². The summed E-state index contributed by atoms with van der Waals surface area (Å²) in [4.78, 5) is 23.2. The van der Waals surface area contributed by atoms with Crippen LogP contribution in [-0.4, -0.2) is 11.9 Å². The molecule has 3 nitrogen and oxygen atoms in total. The average molecular weight is 260 g/mol. The molecule has 1 aromatic carbocycles. The molecule has 0 bridgehead atoms. The molecule has 0 unspecified atom stereocenters. The van der Waals surface area contributed by atoms with Gasteiger partial charge >= 0.3 is 11.9 Å². The maximum atomic E-state index is 11.6. The van der Waals surface area contributed by atoms with E-state index in [9.17, 15) is 9.59 Å². The highest BCUT2D eigenvalue weighted by Gasteiger charge is 2.40. The number of esters is 2. The molecule has 3 heteroatoms. The van der Waals surface area contributed by atoms with Crippen LogP contribution < -0.4 is 0 Å². The monoisotopic (exact) mass is 260 g/mol. The first-order valence-corrected chi connectivity index (χ1v) is 6.56. The lowest BCUT2D eigenvalue weighted by atomic mass is 9.70. The van der Waals surface area contributed by atoms with E-state index in [4.69, 9.17) is 0 Å². The lowest BCUT2D eigenvalue weighted by Crippen LogP contribution is -2.38. The highest BCUT2D eigenvalue weighted by atomic mass is 16.6. The van der Waals surface area contributed by atoms with Crippen molar-refractivity contribution in [1.82, 2.24) is 0 Å². The van der Waals surface area contributed by atoms with Crippen LogP contribution in [0.3, 0.4) is 0 Å². The van der Waals surface area contributed by atoms with Gasteiger partial charge in [0.15, 0.2) is 0 Å². The Balaban J connectivity index is 2.63. The van der Waals surface area contributed by atoms with Crippen molar-refractivity contribution >= 4 is 11.9 Å². The molecule has 19 heavy (non-hydrogen) atoms. The molecule has 1 aliphatic heterocycles. The topological polar surface area (TPSA) is 43.4 Å². The van der Waals surface area contributed by atoms with Gasteiger partial charge in [-0.15, -0.1) is 0 Å². The number of cyclic esters (lactones) is 2. The van der Waals surface area contributed by atoms with Gasteiger partial charge in [0.25, 0.3) is 0 Å². The van der Waals surface area contributed by atoms with E-state index in [-0.39, 0.29) is 12.8 Å². The summed E-state index contributed by atoms with van der Waals surface area (Å²) in [5.41, 5.74) is 5.44. The number of rotatable bonds is 1. The van der Waals surface area contributed by atoms with E-state index < -0.39 is 17.4 Å². The summed E-state index contributed by atoms with van der Waals surface area (Å²) in [5, 5.41) is 0. The fraction of sp³-hybridized carbons (Fsp3) is 0.500. The lowest BCUT2D eigenvalue weighted by Gasteiger charge is -2.35. The molecule has 0 saturated carbocycles. The van der Waals surface area contributed by atoms with E-state index in [0.29, 0.717) is 0 Å². The van der Waals surface area contributed by atoms with Gasteiger partial charge in [-0.25, -0.2) is 0 Å². The first-order valence-electron chi connectivity index (χ1n) is 6.56. The smallest absolute Gasteiger partial charge is 0.314 e. The van der Waals surface area contributed by atoms with E-state index in [0.717, 1.165) is 5.56 Å². The van der Waals surface area contributed by atoms with E-state index in [2.05, 4.69) is 38.5 Å². The van der Waals surface area contributed by atoms with Gasteiger partial charge in [-0.1, -0.05) is 13.0 Å². The first kappa shape index (κ1) is 13.8. The normalized spacial score (nSPS) is 18.4. The molecule has 0 aliphatic carbocycles. The first-order chi connectivity index (χ1) is 8.74. The minimum absolute atomic E-state index is 0.267. The van der Waals surface area contributed by atoms with E-state index in [1.165, 1.54) is 22.3 Å². The molecule has 0 radical (unpaired) electrons. The Kier molecular flexibility index (Phi) is 3.25. The van der Waals surface area contributed by atoms with Crippen LogP contribution in [0.15, 0.2) is 6.07 Å². The molecular formula is C16H20O3. The standard InChI is InChI=1S/C16H20O3/c1-9-6-10(2)12(4)15(11(9)3)16(5)7-13(17)19-14(18)8-16/h6H,7-8H2,1-5H3. The zero-order valence-electron chi connectivity index (χ0n) is 12.2. The van der Waals surface area contributed by atoms with Gasteiger partial charge in [-0.2, -0.15) is 0 Å². The van der Waals surface area contributed by atoms with Crippen LogP contribution in [0.5, 0.6) is 0 Å². The highest BCUT2D eigenvalue weighted by molar-refractivity contribution is 5.90. The Hall–Kier alpha value is -1.64. The summed E-state index contributed by atoms with van der Waals surface area (Å²) >= 11 is 0. The van der Waals surface area contributed by atoms with Gasteiger partial charge in [-0.3, -0.25) is 9.59 Å². The van der Waals surface area contributed by atoms with Crippen LogP contribution in [0.4, 0.5) is 0 Å². The summed E-state index contributed by atoms with van der Waals surface area (Å²) in [6.45, 7) is 10.2. The van der Waals surface area contributed by atoms with Crippen molar-refractivity contribution in [3.05, 3.63) is 33.9 Å². The van der Waals surface area contributed by atoms with Crippen molar-refractivity contribution in [2.45, 2.75) is 52.9 Å². The van der Waals surface area contributed by atoms with Gasteiger partial charge in [-0.05, 0) is 55.5 Å². The van der Waals surface area contributed by atoms with Gasteiger partial charge in [0.2, 0.25) is 0 Å². The lowest BCUT2D eigenvalue weighted by molar-refractivity contribution is -0.166. The number of hydrogen-bond donors (Lipinski definition) is 0. The minimum Gasteiger partial charge on any atom is -0.393 e. The third-order valence-electron chi connectivity index (χ3n) is 4.27. The maximum Gasteiger partial charge on any atom is 0.314 e. The van der Waals surface area contributed by atoms with Crippen LogP contribution >= 0.6 is 0 Å². The molecule has 0 N–H and O–H groups in total. The van der Waals surface area contributed by atoms with Gasteiger partial charge in [0.1, 0.15) is 0 Å². The highest BCUT2D eigenvalue weighted by Crippen LogP contribution is 2.40. The zero-order valence-corrected chi connectivity index (χ0v) is 12.2. The molecular weight excluding hydrogens is 240 g/mol. The summed E-state index contributed by atoms with van der Waals surface area (Å²) in [6.07, 6.45) is 0.534. The molecule has 1 aliphatic rings. The minimum atomic E-state index is -0.447. The van der Waals surface area contributed by atoms with Crippen LogP contribution in [0, 0.1) is 27.7 Å². The molecule has 0 amide bonds. The van der Waals surface area contributed by atoms with Crippen molar-refractivity contribution in [1.29, 1.82) is 0 Å². The van der Waals surface area contributed by atoms with Crippen molar-refractivity contribution in [3.63, 3.8) is 0 Å². The predicted molar refractivity (Wildman–Crippen MR) is 73.1 cm³/mol. The molecule has 0 aromatic heterocycles. The van der Waals surface area contributed by atoms with Crippen molar-refractivity contribution < 1.29 is 14.3 Å². The molecule has 0 atom stereocenters. The Morgan fingerprint density at radius 2 is 1.37 bits per heavy atom. The largest absolute Gasteiger partial charge is 0.393 e. The number of carbonyl (C=O) groups is 2. The number of benzene rings is 1. The summed E-state index contributed by atoms with van der Waals surface area (Å²) in [5.74, 6) is -0.839. The Bertz CT molecular complexity index is 528. The number of carbonyl (C=O) groups excluding carboxylic acids is 2. The number of aryl methyl sites for hydroxylation is 2. The van der Waals surface area contributed by atoms with Crippen LogP contribution in [0.1, 0.15) is 47.6 Å². The average Bonchev–Trinajstić information content (AvgIpc) is 2.24. The van der Waals surface area contributed by atoms with E-state index in [1.807, 2.05) is 6.92 Å². The predicted octanol–water partition coefficient (Wildman–Crippen LogP) is 3.04. The fourth-order valence-electron chi connectivity index (χ4n) is 3.20. The summed E-state index contributed by atoms with van der Waals surface area (Å²) in [7, 11) is 0. The quantitative estimate of drug-likeness (QED) is 0.576. The second-order valence-electron chi connectivity index (χ2n) is 5.90. The fourth-order valence-corrected chi connectivity index (χ4v) is 3.20. The molecule has 1 fully saturated rings. The third-order valence-corrected chi connectivity index (χ3v) is 4.27. The van der Waals surface area contributed by atoms with Gasteiger partial charge < -0.3 is 4.74 Å². The molecule has 0 spiro atoms. The molecule has 1 aromatic rings. The second kappa shape index (κ2) is 4.48. The van der Waals surface area contributed by atoms with E-state index in [1.54, 1.807) is 0 Å². The molecule has 102 valence electrons. The summed E-state index contributed by atoms with van der Waals surface area (Å²) < 4.78 is 4.67. The van der Waals surface area contributed by atoms with Gasteiger partial charge in [0, 0.05) is 5.41 Å². The molecule has 1 heterocycles. The van der Waals surface area contributed by atoms with Crippen molar-refractivity contribution in [2.24, 2.45) is 0 Å².